The molecule has 0 saturated carbocycles. The van der Waals surface area contributed by atoms with Crippen LogP contribution in [0.1, 0.15) is 18.1 Å². The summed E-state index contributed by atoms with van der Waals surface area (Å²) in [4.78, 5) is 10.7. The Morgan fingerprint density at radius 2 is 1.92 bits per heavy atom. The fraction of sp³-hybridized carbons (Fsp3) is 0.300. The molecule has 0 bridgehead atoms. The van der Waals surface area contributed by atoms with Crippen LogP contribution in [-0.4, -0.2) is 5.91 Å². The summed E-state index contributed by atoms with van der Waals surface area (Å²) in [5, 5.41) is 0. The molecule has 0 aromatic heterocycles. The van der Waals surface area contributed by atoms with Gasteiger partial charge in [0, 0.05) is 0 Å². The van der Waals surface area contributed by atoms with Gasteiger partial charge in [-0.2, -0.15) is 0 Å². The Morgan fingerprint density at radius 1 is 1.33 bits per heavy atom. The molecule has 2 nitrogen and oxygen atoms in total. The summed E-state index contributed by atoms with van der Waals surface area (Å²) in [5.41, 5.74) is 7.36. The van der Waals surface area contributed by atoms with Crippen LogP contribution in [0.25, 0.3) is 0 Å². The van der Waals surface area contributed by atoms with Crippen LogP contribution in [0.15, 0.2) is 24.3 Å². The van der Waals surface area contributed by atoms with Gasteiger partial charge in [0.1, 0.15) is 0 Å². The van der Waals surface area contributed by atoms with Crippen LogP contribution < -0.4 is 5.73 Å². The van der Waals surface area contributed by atoms with Gasteiger partial charge in [-0.05, 0) is 17.5 Å². The van der Waals surface area contributed by atoms with Crippen molar-refractivity contribution in [1.82, 2.24) is 0 Å². The molecule has 0 aliphatic heterocycles. The quantitative estimate of drug-likeness (QED) is 0.716. The number of benzene rings is 1. The first kappa shape index (κ1) is 8.78. The van der Waals surface area contributed by atoms with Crippen molar-refractivity contribution in [2.24, 2.45) is 5.73 Å². The van der Waals surface area contributed by atoms with Crippen molar-refractivity contribution in [3.8, 4) is 0 Å². The summed E-state index contributed by atoms with van der Waals surface area (Å²) in [6.07, 6.45) is 1.30. The number of carbonyl (C=O) groups is 1. The Balaban J connectivity index is 2.89. The average molecular weight is 163 g/mol. The lowest BCUT2D eigenvalue weighted by Gasteiger charge is -2.03. The zero-order chi connectivity index (χ0) is 8.97. The molecule has 0 fully saturated rings. The van der Waals surface area contributed by atoms with E-state index in [1.165, 1.54) is 5.56 Å². The smallest absolute Gasteiger partial charge is 0.221 e. The van der Waals surface area contributed by atoms with Crippen LogP contribution in [0.4, 0.5) is 0 Å². The summed E-state index contributed by atoms with van der Waals surface area (Å²) in [6.45, 7) is 2.07. The lowest BCUT2D eigenvalue weighted by Crippen LogP contribution is -2.14. The van der Waals surface area contributed by atoms with Gasteiger partial charge in [0.15, 0.2) is 0 Å². The first-order valence-corrected chi connectivity index (χ1v) is 4.09. The Morgan fingerprint density at radius 3 is 2.42 bits per heavy atom. The molecular formula is C10H13NO. The number of rotatable bonds is 3. The largest absolute Gasteiger partial charge is 0.369 e. The van der Waals surface area contributed by atoms with Crippen molar-refractivity contribution in [1.29, 1.82) is 0 Å². The maximum atomic E-state index is 10.7. The monoisotopic (exact) mass is 163 g/mol. The average Bonchev–Trinajstić information content (AvgIpc) is 2.04. The van der Waals surface area contributed by atoms with Crippen LogP contribution in [0, 0.1) is 0 Å². The highest BCUT2D eigenvalue weighted by atomic mass is 16.1. The van der Waals surface area contributed by atoms with Gasteiger partial charge in [0.05, 0.1) is 6.42 Å². The van der Waals surface area contributed by atoms with Crippen molar-refractivity contribution in [3.05, 3.63) is 35.4 Å². The van der Waals surface area contributed by atoms with E-state index in [9.17, 15) is 4.79 Å². The van der Waals surface area contributed by atoms with E-state index in [0.717, 1.165) is 12.0 Å². The number of hydrogen-bond donors (Lipinski definition) is 1. The Labute approximate surface area is 72.4 Å². The van der Waals surface area contributed by atoms with E-state index in [-0.39, 0.29) is 5.91 Å². The van der Waals surface area contributed by atoms with E-state index in [4.69, 9.17) is 5.73 Å². The third-order valence-corrected chi connectivity index (χ3v) is 1.86. The lowest BCUT2D eigenvalue weighted by atomic mass is 10.0. The van der Waals surface area contributed by atoms with E-state index in [1.807, 2.05) is 24.3 Å². The highest BCUT2D eigenvalue weighted by Gasteiger charge is 2.01. The number of primary amides is 1. The zero-order valence-corrected chi connectivity index (χ0v) is 7.21. The van der Waals surface area contributed by atoms with E-state index in [1.54, 1.807) is 0 Å². The Kier molecular flexibility index (Phi) is 2.86. The molecule has 12 heavy (non-hydrogen) atoms. The maximum absolute atomic E-state index is 10.7. The molecule has 2 N–H and O–H groups in total. The van der Waals surface area contributed by atoms with Gasteiger partial charge < -0.3 is 5.73 Å². The summed E-state index contributed by atoms with van der Waals surface area (Å²) in [6, 6.07) is 7.88. The number of nitrogens with two attached hydrogens (primary N) is 1. The van der Waals surface area contributed by atoms with Crippen LogP contribution in [0.5, 0.6) is 0 Å². The molecule has 0 spiro atoms. The van der Waals surface area contributed by atoms with Gasteiger partial charge in [-0.3, -0.25) is 4.79 Å². The molecule has 0 aliphatic rings. The van der Waals surface area contributed by atoms with Gasteiger partial charge in [-0.25, -0.2) is 0 Å². The molecule has 1 aromatic rings. The van der Waals surface area contributed by atoms with Crippen molar-refractivity contribution in [2.45, 2.75) is 19.8 Å². The second kappa shape index (κ2) is 3.90. The predicted molar refractivity (Wildman–Crippen MR) is 48.7 cm³/mol. The Hall–Kier alpha value is -1.31. The van der Waals surface area contributed by atoms with E-state index < -0.39 is 0 Å². The third kappa shape index (κ3) is 2.09. The molecule has 0 radical (unpaired) electrons. The summed E-state index contributed by atoms with van der Waals surface area (Å²) >= 11 is 0. The number of carbonyl (C=O) groups excluding carboxylic acids is 1. The molecule has 0 saturated heterocycles. The molecule has 0 aliphatic carbocycles. The first-order chi connectivity index (χ1) is 5.74. The lowest BCUT2D eigenvalue weighted by molar-refractivity contribution is -0.117. The maximum Gasteiger partial charge on any atom is 0.221 e. The summed E-state index contributed by atoms with van der Waals surface area (Å²) in [7, 11) is 0. The van der Waals surface area contributed by atoms with Crippen molar-refractivity contribution < 1.29 is 4.79 Å². The zero-order valence-electron chi connectivity index (χ0n) is 7.21. The SMILES string of the molecule is CCc1ccccc1CC(N)=O. The predicted octanol–water partition coefficient (Wildman–Crippen LogP) is 1.28. The second-order valence-electron chi connectivity index (χ2n) is 2.77. The normalized spacial score (nSPS) is 9.75. The molecule has 0 heterocycles. The molecule has 2 heteroatoms. The fourth-order valence-electron chi connectivity index (χ4n) is 1.26. The van der Waals surface area contributed by atoms with Gasteiger partial charge in [0.2, 0.25) is 5.91 Å². The molecule has 64 valence electrons. The van der Waals surface area contributed by atoms with Gasteiger partial charge in [-0.15, -0.1) is 0 Å². The minimum Gasteiger partial charge on any atom is -0.369 e. The second-order valence-corrected chi connectivity index (χ2v) is 2.77. The third-order valence-electron chi connectivity index (χ3n) is 1.86. The molecule has 1 rings (SSSR count). The van der Waals surface area contributed by atoms with Crippen molar-refractivity contribution in [2.75, 3.05) is 0 Å². The highest BCUT2D eigenvalue weighted by molar-refractivity contribution is 5.76. The minimum absolute atomic E-state index is 0.268. The standard InChI is InChI=1S/C10H13NO/c1-2-8-5-3-4-6-9(8)7-10(11)12/h3-6H,2,7H2,1H3,(H2,11,12). The number of hydrogen-bond acceptors (Lipinski definition) is 1. The number of amides is 1. The van der Waals surface area contributed by atoms with Crippen molar-refractivity contribution in [3.63, 3.8) is 0 Å². The van der Waals surface area contributed by atoms with Crippen molar-refractivity contribution >= 4 is 5.91 Å². The van der Waals surface area contributed by atoms with E-state index in [0.29, 0.717) is 6.42 Å². The summed E-state index contributed by atoms with van der Waals surface area (Å²) < 4.78 is 0. The summed E-state index contributed by atoms with van der Waals surface area (Å²) in [5.74, 6) is -0.268. The fourth-order valence-corrected chi connectivity index (χ4v) is 1.26. The molecule has 1 amide bonds. The first-order valence-electron chi connectivity index (χ1n) is 4.09. The van der Waals surface area contributed by atoms with Gasteiger partial charge >= 0.3 is 0 Å². The Bertz CT molecular complexity index is 281. The molecule has 1 aromatic carbocycles. The van der Waals surface area contributed by atoms with Crippen LogP contribution in [0.2, 0.25) is 0 Å². The van der Waals surface area contributed by atoms with E-state index >= 15 is 0 Å². The minimum atomic E-state index is -0.268. The number of aryl methyl sites for hydroxylation is 1. The van der Waals surface area contributed by atoms with E-state index in [2.05, 4.69) is 6.92 Å². The highest BCUT2D eigenvalue weighted by Crippen LogP contribution is 2.09. The van der Waals surface area contributed by atoms with Crippen LogP contribution >= 0.6 is 0 Å². The molecule has 0 atom stereocenters. The van der Waals surface area contributed by atoms with Gasteiger partial charge in [-0.1, -0.05) is 31.2 Å². The van der Waals surface area contributed by atoms with Crippen LogP contribution in [-0.2, 0) is 17.6 Å². The van der Waals surface area contributed by atoms with Crippen LogP contribution in [0.3, 0.4) is 0 Å². The molecule has 0 unspecified atom stereocenters. The van der Waals surface area contributed by atoms with Gasteiger partial charge in [0.25, 0.3) is 0 Å². The topological polar surface area (TPSA) is 43.1 Å². The molecular weight excluding hydrogens is 150 g/mol.